The molecular formula is C25H32N2O8S. The predicted octanol–water partition coefficient (Wildman–Crippen LogP) is 3.42. The highest BCUT2D eigenvalue weighted by Crippen LogP contribution is 2.30. The van der Waals surface area contributed by atoms with Gasteiger partial charge in [0.25, 0.3) is 0 Å². The maximum Gasteiger partial charge on any atom is 0.340 e. The van der Waals surface area contributed by atoms with Crippen LogP contribution < -0.4 is 4.74 Å². The van der Waals surface area contributed by atoms with E-state index in [0.717, 1.165) is 25.7 Å². The third-order valence-electron chi connectivity index (χ3n) is 6.11. The third kappa shape index (κ3) is 5.79. The van der Waals surface area contributed by atoms with E-state index in [2.05, 4.69) is 4.98 Å². The SMILES string of the molecule is CCOC(=O)c1c(C)[nH]c(C(=O)COC(=O)c2ccc(OC)c(S(=O)(=O)N3CCCCCC3)c2)c1C. The summed E-state index contributed by atoms with van der Waals surface area (Å²) in [5.41, 5.74) is 1.26. The standard InChI is InChI=1S/C25H32N2O8S/c1-5-34-25(30)22-16(2)23(26-17(22)3)19(28)15-35-24(29)18-10-11-20(33-4)21(14-18)36(31,32)27-12-8-6-7-9-13-27/h10-11,14,26H,5-9,12-13,15H2,1-4H3. The molecule has 0 bridgehead atoms. The van der Waals surface area contributed by atoms with Crippen LogP contribution in [0.2, 0.25) is 0 Å². The molecule has 1 aromatic carbocycles. The molecule has 0 saturated carbocycles. The number of benzene rings is 1. The second-order valence-corrected chi connectivity index (χ2v) is 10.4. The van der Waals surface area contributed by atoms with Crippen LogP contribution in [-0.2, 0) is 19.5 Å². The molecule has 1 fully saturated rings. The summed E-state index contributed by atoms with van der Waals surface area (Å²) in [5.74, 6) is -1.82. The van der Waals surface area contributed by atoms with Crippen molar-refractivity contribution in [2.45, 2.75) is 51.3 Å². The lowest BCUT2D eigenvalue weighted by Gasteiger charge is -2.21. The smallest absolute Gasteiger partial charge is 0.340 e. The van der Waals surface area contributed by atoms with E-state index in [9.17, 15) is 22.8 Å². The number of aromatic nitrogens is 1. The molecule has 1 saturated heterocycles. The van der Waals surface area contributed by atoms with Crippen molar-refractivity contribution in [2.75, 3.05) is 33.4 Å². The fourth-order valence-electron chi connectivity index (χ4n) is 4.25. The number of H-pyrrole nitrogens is 1. The Bertz CT molecular complexity index is 1240. The number of methoxy groups -OCH3 is 1. The van der Waals surface area contributed by atoms with Crippen molar-refractivity contribution in [1.29, 1.82) is 0 Å². The summed E-state index contributed by atoms with van der Waals surface area (Å²) in [6.45, 7) is 5.34. The van der Waals surface area contributed by atoms with Crippen LogP contribution in [0.3, 0.4) is 0 Å². The molecule has 1 aromatic heterocycles. The second-order valence-electron chi connectivity index (χ2n) is 8.53. The summed E-state index contributed by atoms with van der Waals surface area (Å²) in [4.78, 5) is 40.4. The quantitative estimate of drug-likeness (QED) is 0.393. The Kier molecular flexibility index (Phi) is 8.91. The van der Waals surface area contributed by atoms with Crippen molar-refractivity contribution in [2.24, 2.45) is 0 Å². The molecule has 0 atom stereocenters. The zero-order valence-corrected chi connectivity index (χ0v) is 21.8. The highest BCUT2D eigenvalue weighted by atomic mass is 32.2. The van der Waals surface area contributed by atoms with Gasteiger partial charge in [0.2, 0.25) is 15.8 Å². The number of nitrogens with zero attached hydrogens (tertiary/aromatic N) is 1. The molecule has 196 valence electrons. The minimum absolute atomic E-state index is 0.0244. The number of aromatic amines is 1. The van der Waals surface area contributed by atoms with Crippen LogP contribution in [0.15, 0.2) is 23.1 Å². The second kappa shape index (κ2) is 11.7. The van der Waals surface area contributed by atoms with Gasteiger partial charge in [-0.25, -0.2) is 18.0 Å². The monoisotopic (exact) mass is 520 g/mol. The molecule has 0 spiro atoms. The lowest BCUT2D eigenvalue weighted by atomic mass is 10.1. The summed E-state index contributed by atoms with van der Waals surface area (Å²) in [6.07, 6.45) is 3.46. The summed E-state index contributed by atoms with van der Waals surface area (Å²) < 4.78 is 43.5. The van der Waals surface area contributed by atoms with E-state index in [1.807, 2.05) is 0 Å². The minimum Gasteiger partial charge on any atom is -0.495 e. The Hall–Kier alpha value is -3.18. The van der Waals surface area contributed by atoms with Crippen molar-refractivity contribution in [3.8, 4) is 5.75 Å². The number of rotatable bonds is 9. The van der Waals surface area contributed by atoms with E-state index >= 15 is 0 Å². The first-order chi connectivity index (χ1) is 17.1. The summed E-state index contributed by atoms with van der Waals surface area (Å²) in [6, 6.07) is 4.00. The molecule has 11 heteroatoms. The van der Waals surface area contributed by atoms with Gasteiger partial charge < -0.3 is 19.2 Å². The lowest BCUT2D eigenvalue weighted by Crippen LogP contribution is -2.32. The average molecular weight is 521 g/mol. The van der Waals surface area contributed by atoms with Gasteiger partial charge in [-0.2, -0.15) is 4.31 Å². The fraction of sp³-hybridized carbons (Fsp3) is 0.480. The molecule has 1 N–H and O–H groups in total. The van der Waals surface area contributed by atoms with Crippen LogP contribution in [-0.4, -0.2) is 68.8 Å². The minimum atomic E-state index is -3.89. The van der Waals surface area contributed by atoms with Crippen LogP contribution in [0.1, 0.15) is 75.1 Å². The van der Waals surface area contributed by atoms with Gasteiger partial charge in [-0.1, -0.05) is 12.8 Å². The number of esters is 2. The highest BCUT2D eigenvalue weighted by molar-refractivity contribution is 7.89. The first-order valence-electron chi connectivity index (χ1n) is 11.9. The molecule has 0 unspecified atom stereocenters. The topological polar surface area (TPSA) is 132 Å². The maximum absolute atomic E-state index is 13.3. The highest BCUT2D eigenvalue weighted by Gasteiger charge is 2.30. The van der Waals surface area contributed by atoms with Gasteiger partial charge in [0.15, 0.2) is 6.61 Å². The van der Waals surface area contributed by atoms with Crippen molar-refractivity contribution >= 4 is 27.7 Å². The van der Waals surface area contributed by atoms with Crippen LogP contribution in [0, 0.1) is 13.8 Å². The zero-order chi connectivity index (χ0) is 26.5. The van der Waals surface area contributed by atoms with Gasteiger partial charge in [0.05, 0.1) is 30.5 Å². The van der Waals surface area contributed by atoms with E-state index in [1.54, 1.807) is 20.8 Å². The Labute approximate surface area is 211 Å². The van der Waals surface area contributed by atoms with E-state index < -0.39 is 34.4 Å². The van der Waals surface area contributed by atoms with Crippen LogP contribution >= 0.6 is 0 Å². The number of nitrogens with one attached hydrogen (secondary N) is 1. The summed E-state index contributed by atoms with van der Waals surface area (Å²) in [7, 11) is -2.53. The molecule has 0 radical (unpaired) electrons. The van der Waals surface area contributed by atoms with Crippen molar-refractivity contribution in [1.82, 2.24) is 9.29 Å². The van der Waals surface area contributed by atoms with Crippen molar-refractivity contribution < 1.29 is 37.0 Å². The number of hydrogen-bond acceptors (Lipinski definition) is 8. The van der Waals surface area contributed by atoms with Crippen molar-refractivity contribution in [3.63, 3.8) is 0 Å². The van der Waals surface area contributed by atoms with Gasteiger partial charge in [0.1, 0.15) is 10.6 Å². The van der Waals surface area contributed by atoms with Gasteiger partial charge in [0, 0.05) is 18.8 Å². The molecule has 36 heavy (non-hydrogen) atoms. The average Bonchev–Trinajstić information content (AvgIpc) is 3.02. The molecular weight excluding hydrogens is 488 g/mol. The van der Waals surface area contributed by atoms with Gasteiger partial charge in [-0.3, -0.25) is 4.79 Å². The Morgan fingerprint density at radius 3 is 2.28 bits per heavy atom. The Morgan fingerprint density at radius 2 is 1.67 bits per heavy atom. The van der Waals surface area contributed by atoms with Crippen LogP contribution in [0.5, 0.6) is 5.75 Å². The zero-order valence-electron chi connectivity index (χ0n) is 21.0. The van der Waals surface area contributed by atoms with Gasteiger partial charge in [-0.15, -0.1) is 0 Å². The summed E-state index contributed by atoms with van der Waals surface area (Å²) >= 11 is 0. The predicted molar refractivity (Wildman–Crippen MR) is 131 cm³/mol. The number of hydrogen-bond donors (Lipinski definition) is 1. The fourth-order valence-corrected chi connectivity index (χ4v) is 5.95. The first-order valence-corrected chi connectivity index (χ1v) is 13.3. The van der Waals surface area contributed by atoms with E-state index in [4.69, 9.17) is 14.2 Å². The molecule has 1 aliphatic rings. The normalized spacial score (nSPS) is 14.7. The largest absolute Gasteiger partial charge is 0.495 e. The van der Waals surface area contributed by atoms with Crippen LogP contribution in [0.4, 0.5) is 0 Å². The molecule has 1 aliphatic heterocycles. The number of ether oxygens (including phenoxy) is 3. The Balaban J connectivity index is 1.78. The molecule has 10 nitrogen and oxygen atoms in total. The number of ketones is 1. The third-order valence-corrected chi connectivity index (χ3v) is 8.03. The Morgan fingerprint density at radius 1 is 1.00 bits per heavy atom. The molecule has 2 heterocycles. The van der Waals surface area contributed by atoms with Crippen LogP contribution in [0.25, 0.3) is 0 Å². The van der Waals surface area contributed by atoms with Gasteiger partial charge in [-0.05, 0) is 57.4 Å². The van der Waals surface area contributed by atoms with E-state index in [-0.39, 0.29) is 34.1 Å². The van der Waals surface area contributed by atoms with E-state index in [1.165, 1.54) is 29.6 Å². The number of carbonyl (C=O) groups is 3. The maximum atomic E-state index is 13.3. The number of Topliss-reactive ketones (excluding diaryl/α,β-unsaturated/α-hetero) is 1. The van der Waals surface area contributed by atoms with Crippen molar-refractivity contribution in [3.05, 3.63) is 46.3 Å². The molecule has 0 amide bonds. The molecule has 3 rings (SSSR count). The first kappa shape index (κ1) is 27.4. The molecule has 2 aromatic rings. The molecule has 0 aliphatic carbocycles. The van der Waals surface area contributed by atoms with Gasteiger partial charge >= 0.3 is 11.9 Å². The van der Waals surface area contributed by atoms with E-state index in [0.29, 0.717) is 24.3 Å². The number of sulfonamides is 1. The number of carbonyl (C=O) groups excluding carboxylic acids is 3. The number of aryl methyl sites for hydroxylation is 1. The summed E-state index contributed by atoms with van der Waals surface area (Å²) in [5, 5.41) is 0. The lowest BCUT2D eigenvalue weighted by molar-refractivity contribution is 0.0472.